The van der Waals surface area contributed by atoms with E-state index in [4.69, 9.17) is 4.74 Å². The topological polar surface area (TPSA) is 84.5 Å². The summed E-state index contributed by atoms with van der Waals surface area (Å²) in [6, 6.07) is 7.35. The molecule has 0 spiro atoms. The van der Waals surface area contributed by atoms with Crippen molar-refractivity contribution < 1.29 is 26.7 Å². The molecule has 29 heavy (non-hydrogen) atoms. The number of carbonyl (C=O) groups excluding carboxylic acids is 1. The maximum atomic E-state index is 14.1. The first-order valence-corrected chi connectivity index (χ1v) is 10.6. The van der Waals surface area contributed by atoms with Gasteiger partial charge in [-0.2, -0.15) is 0 Å². The number of sulfonamides is 1. The molecule has 3 rings (SSSR count). The predicted octanol–water partition coefficient (Wildman–Crippen LogP) is 3.23. The fraction of sp³-hybridized carbons (Fsp3) is 0.350. The molecule has 1 heterocycles. The largest absolute Gasteiger partial charge is 0.381 e. The molecule has 2 aromatic rings. The van der Waals surface area contributed by atoms with Crippen LogP contribution < -0.4 is 10.0 Å². The second-order valence-corrected chi connectivity index (χ2v) is 8.80. The lowest BCUT2D eigenvalue weighted by atomic mass is 9.99. The molecule has 156 valence electrons. The van der Waals surface area contributed by atoms with Gasteiger partial charge in [0, 0.05) is 23.8 Å². The van der Waals surface area contributed by atoms with Gasteiger partial charge in [-0.15, -0.1) is 0 Å². The van der Waals surface area contributed by atoms with Gasteiger partial charge in [0.1, 0.15) is 5.82 Å². The zero-order valence-electron chi connectivity index (χ0n) is 16.0. The SMILES string of the molecule is Cc1c(F)ccc(NC(=O)c2cccc(S(=O)(=O)N[C@H]3CCOCC3C)c2)c1F. The van der Waals surface area contributed by atoms with Gasteiger partial charge in [0.15, 0.2) is 5.82 Å². The zero-order chi connectivity index (χ0) is 21.2. The van der Waals surface area contributed by atoms with Crippen LogP contribution >= 0.6 is 0 Å². The Kier molecular flexibility index (Phi) is 6.30. The number of benzene rings is 2. The number of anilines is 1. The first kappa shape index (κ1) is 21.4. The van der Waals surface area contributed by atoms with Crippen LogP contribution in [0.2, 0.25) is 0 Å². The Hall–Kier alpha value is -2.36. The number of amides is 1. The fourth-order valence-electron chi connectivity index (χ4n) is 3.08. The van der Waals surface area contributed by atoms with Crippen LogP contribution in [0.1, 0.15) is 29.3 Å². The molecular weight excluding hydrogens is 402 g/mol. The number of ether oxygens (including phenoxy) is 1. The number of nitrogens with one attached hydrogen (secondary N) is 2. The molecule has 2 N–H and O–H groups in total. The van der Waals surface area contributed by atoms with E-state index in [-0.39, 0.29) is 33.7 Å². The quantitative estimate of drug-likeness (QED) is 0.772. The standard InChI is InChI=1S/C20H22F2N2O4S/c1-12-11-28-9-8-17(12)24-29(26,27)15-5-3-4-14(10-15)20(25)23-18-7-6-16(21)13(2)19(18)22/h3-7,10,12,17,24H,8-9,11H2,1-2H3,(H,23,25)/t12?,17-/m0/s1. The highest BCUT2D eigenvalue weighted by atomic mass is 32.2. The second kappa shape index (κ2) is 8.56. The van der Waals surface area contributed by atoms with Crippen molar-refractivity contribution >= 4 is 21.6 Å². The number of halogens is 2. The molecule has 2 atom stereocenters. The first-order valence-electron chi connectivity index (χ1n) is 9.15. The maximum Gasteiger partial charge on any atom is 0.255 e. The Balaban J connectivity index is 1.80. The van der Waals surface area contributed by atoms with E-state index in [1.165, 1.54) is 31.2 Å². The number of rotatable bonds is 5. The monoisotopic (exact) mass is 424 g/mol. The smallest absolute Gasteiger partial charge is 0.255 e. The Morgan fingerprint density at radius 2 is 1.97 bits per heavy atom. The summed E-state index contributed by atoms with van der Waals surface area (Å²) in [7, 11) is -3.85. The van der Waals surface area contributed by atoms with Crippen LogP contribution in [0, 0.1) is 24.5 Å². The lowest BCUT2D eigenvalue weighted by Crippen LogP contribution is -2.44. The molecule has 6 nitrogen and oxygen atoms in total. The Morgan fingerprint density at radius 1 is 1.21 bits per heavy atom. The highest BCUT2D eigenvalue weighted by molar-refractivity contribution is 7.89. The highest BCUT2D eigenvalue weighted by Crippen LogP contribution is 2.22. The zero-order valence-corrected chi connectivity index (χ0v) is 16.9. The first-order chi connectivity index (χ1) is 13.7. The van der Waals surface area contributed by atoms with Gasteiger partial charge in [0.25, 0.3) is 5.91 Å². The van der Waals surface area contributed by atoms with Crippen LogP contribution in [0.15, 0.2) is 41.3 Å². The minimum Gasteiger partial charge on any atom is -0.381 e. The molecule has 1 fully saturated rings. The maximum absolute atomic E-state index is 14.1. The van der Waals surface area contributed by atoms with E-state index in [1.807, 2.05) is 6.92 Å². The van der Waals surface area contributed by atoms with Crippen LogP contribution in [0.25, 0.3) is 0 Å². The summed E-state index contributed by atoms with van der Waals surface area (Å²) in [5.41, 5.74) is -0.362. The van der Waals surface area contributed by atoms with Crippen LogP contribution in [0.4, 0.5) is 14.5 Å². The van der Waals surface area contributed by atoms with Crippen molar-refractivity contribution in [3.05, 3.63) is 59.2 Å². The van der Waals surface area contributed by atoms with Gasteiger partial charge in [0.05, 0.1) is 17.2 Å². The molecule has 2 aromatic carbocycles. The third-order valence-corrected chi connectivity index (χ3v) is 6.41. The molecule has 1 aliphatic rings. The van der Waals surface area contributed by atoms with E-state index < -0.39 is 27.6 Å². The molecule has 1 saturated heterocycles. The van der Waals surface area contributed by atoms with Gasteiger partial charge < -0.3 is 10.1 Å². The van der Waals surface area contributed by atoms with Crippen molar-refractivity contribution in [2.45, 2.75) is 31.2 Å². The van der Waals surface area contributed by atoms with Crippen molar-refractivity contribution in [3.63, 3.8) is 0 Å². The van der Waals surface area contributed by atoms with Crippen molar-refractivity contribution in [2.24, 2.45) is 5.92 Å². The summed E-state index contributed by atoms with van der Waals surface area (Å²) in [4.78, 5) is 12.4. The van der Waals surface area contributed by atoms with Crippen LogP contribution in [0.3, 0.4) is 0 Å². The Labute approximate surface area is 168 Å². The summed E-state index contributed by atoms with van der Waals surface area (Å²) in [5, 5.41) is 2.35. The van der Waals surface area contributed by atoms with E-state index in [1.54, 1.807) is 0 Å². The molecule has 0 radical (unpaired) electrons. The second-order valence-electron chi connectivity index (χ2n) is 7.08. The number of hydrogen-bond acceptors (Lipinski definition) is 4. The average Bonchev–Trinajstić information content (AvgIpc) is 2.70. The van der Waals surface area contributed by atoms with Crippen molar-refractivity contribution in [1.82, 2.24) is 4.72 Å². The van der Waals surface area contributed by atoms with E-state index in [0.29, 0.717) is 19.6 Å². The predicted molar refractivity (Wildman–Crippen MR) is 104 cm³/mol. The van der Waals surface area contributed by atoms with Crippen molar-refractivity contribution in [1.29, 1.82) is 0 Å². The van der Waals surface area contributed by atoms with Gasteiger partial charge in [-0.05, 0) is 49.6 Å². The normalized spacial score (nSPS) is 19.7. The van der Waals surface area contributed by atoms with Gasteiger partial charge in [-0.3, -0.25) is 4.79 Å². The van der Waals surface area contributed by atoms with Crippen molar-refractivity contribution in [3.8, 4) is 0 Å². The van der Waals surface area contributed by atoms with Gasteiger partial charge in [0.2, 0.25) is 10.0 Å². The van der Waals surface area contributed by atoms with Gasteiger partial charge >= 0.3 is 0 Å². The molecule has 0 aliphatic carbocycles. The van der Waals surface area contributed by atoms with Crippen LogP contribution in [-0.4, -0.2) is 33.6 Å². The minimum absolute atomic E-state index is 0.0229. The average molecular weight is 424 g/mol. The summed E-state index contributed by atoms with van der Waals surface area (Å²) < 4.78 is 61.0. The number of carbonyl (C=O) groups is 1. The molecule has 1 unspecified atom stereocenters. The molecule has 1 aliphatic heterocycles. The van der Waals surface area contributed by atoms with Crippen LogP contribution in [-0.2, 0) is 14.8 Å². The Bertz CT molecular complexity index is 1030. The summed E-state index contributed by atoms with van der Waals surface area (Å²) >= 11 is 0. The lowest BCUT2D eigenvalue weighted by Gasteiger charge is -2.29. The number of hydrogen-bond donors (Lipinski definition) is 2. The molecule has 0 aromatic heterocycles. The minimum atomic E-state index is -3.85. The van der Waals surface area contributed by atoms with Crippen LogP contribution in [0.5, 0.6) is 0 Å². The van der Waals surface area contributed by atoms with Crippen molar-refractivity contribution in [2.75, 3.05) is 18.5 Å². The van der Waals surface area contributed by atoms with E-state index in [9.17, 15) is 22.0 Å². The van der Waals surface area contributed by atoms with Gasteiger partial charge in [-0.1, -0.05) is 13.0 Å². The van der Waals surface area contributed by atoms with Gasteiger partial charge in [-0.25, -0.2) is 21.9 Å². The third kappa shape index (κ3) is 4.80. The molecule has 1 amide bonds. The highest BCUT2D eigenvalue weighted by Gasteiger charge is 2.27. The Morgan fingerprint density at radius 3 is 2.69 bits per heavy atom. The fourth-order valence-corrected chi connectivity index (χ4v) is 4.50. The molecular formula is C20H22F2N2O4S. The lowest BCUT2D eigenvalue weighted by molar-refractivity contribution is 0.0450. The van der Waals surface area contributed by atoms with E-state index in [2.05, 4.69) is 10.0 Å². The summed E-state index contributed by atoms with van der Waals surface area (Å²) in [6.45, 7) is 4.10. The molecule has 0 saturated carbocycles. The third-order valence-electron chi connectivity index (χ3n) is 4.92. The van der Waals surface area contributed by atoms with E-state index in [0.717, 1.165) is 12.1 Å². The molecule has 0 bridgehead atoms. The summed E-state index contributed by atoms with van der Waals surface area (Å²) in [5.74, 6) is -2.28. The molecule has 9 heteroatoms. The van der Waals surface area contributed by atoms with E-state index >= 15 is 0 Å². The summed E-state index contributed by atoms with van der Waals surface area (Å²) in [6.07, 6.45) is 0.559.